The van der Waals surface area contributed by atoms with Crippen LogP contribution < -0.4 is 0 Å². The standard InChI is InChI=1S/C10H10BrFO2/c11-7-3-6(4-8(12)9(7)13)5-10(14)1-2-10/h3-4,13-14H,1-2,5H2. The van der Waals surface area contributed by atoms with Crippen LogP contribution in [0.15, 0.2) is 16.6 Å². The van der Waals surface area contributed by atoms with Gasteiger partial charge in [0, 0.05) is 6.42 Å². The molecule has 0 heterocycles. The van der Waals surface area contributed by atoms with Crippen LogP contribution in [0, 0.1) is 5.82 Å². The summed E-state index contributed by atoms with van der Waals surface area (Å²) in [7, 11) is 0. The van der Waals surface area contributed by atoms with Crippen LogP contribution in [-0.4, -0.2) is 15.8 Å². The summed E-state index contributed by atoms with van der Waals surface area (Å²) >= 11 is 3.05. The molecule has 1 aliphatic carbocycles. The van der Waals surface area contributed by atoms with Crippen molar-refractivity contribution < 1.29 is 14.6 Å². The number of halogens is 2. The number of hydrogen-bond donors (Lipinski definition) is 2. The van der Waals surface area contributed by atoms with Gasteiger partial charge in [-0.15, -0.1) is 0 Å². The maximum atomic E-state index is 13.1. The van der Waals surface area contributed by atoms with Gasteiger partial charge in [-0.1, -0.05) is 0 Å². The van der Waals surface area contributed by atoms with Crippen LogP contribution in [0.25, 0.3) is 0 Å². The first-order valence-electron chi connectivity index (χ1n) is 4.39. The molecule has 0 spiro atoms. The van der Waals surface area contributed by atoms with Crippen molar-refractivity contribution in [3.05, 3.63) is 28.0 Å². The van der Waals surface area contributed by atoms with Crippen LogP contribution in [-0.2, 0) is 6.42 Å². The molecule has 0 aliphatic heterocycles. The van der Waals surface area contributed by atoms with Crippen LogP contribution in [0.4, 0.5) is 4.39 Å². The number of rotatable bonds is 2. The lowest BCUT2D eigenvalue weighted by Crippen LogP contribution is -2.10. The van der Waals surface area contributed by atoms with E-state index in [1.807, 2.05) is 0 Å². The van der Waals surface area contributed by atoms with Crippen molar-refractivity contribution >= 4 is 15.9 Å². The molecule has 0 radical (unpaired) electrons. The highest BCUT2D eigenvalue weighted by Crippen LogP contribution is 2.39. The van der Waals surface area contributed by atoms with Gasteiger partial charge >= 0.3 is 0 Å². The molecule has 0 unspecified atom stereocenters. The van der Waals surface area contributed by atoms with Crippen LogP contribution in [0.5, 0.6) is 5.75 Å². The lowest BCUT2D eigenvalue weighted by molar-refractivity contribution is 0.151. The highest BCUT2D eigenvalue weighted by Gasteiger charge is 2.40. The van der Waals surface area contributed by atoms with Crippen molar-refractivity contribution in [1.29, 1.82) is 0 Å². The summed E-state index contributed by atoms with van der Waals surface area (Å²) in [5.74, 6) is -1.03. The molecule has 14 heavy (non-hydrogen) atoms. The summed E-state index contributed by atoms with van der Waals surface area (Å²) in [5, 5.41) is 18.8. The Bertz CT molecular complexity index is 351. The van der Waals surface area contributed by atoms with Gasteiger partial charge in [-0.25, -0.2) is 4.39 Å². The van der Waals surface area contributed by atoms with E-state index in [-0.39, 0.29) is 5.75 Å². The normalized spacial score (nSPS) is 18.2. The second-order valence-corrected chi connectivity index (χ2v) is 4.66. The quantitative estimate of drug-likeness (QED) is 0.857. The molecule has 1 aromatic carbocycles. The molecular weight excluding hydrogens is 251 g/mol. The van der Waals surface area contributed by atoms with Gasteiger partial charge in [0.05, 0.1) is 10.1 Å². The molecule has 1 fully saturated rings. The number of phenolic OH excluding ortho intramolecular Hbond substituents is 1. The first-order chi connectivity index (χ1) is 6.50. The fraction of sp³-hybridized carbons (Fsp3) is 0.400. The molecule has 0 saturated heterocycles. The predicted molar refractivity (Wildman–Crippen MR) is 53.7 cm³/mol. The van der Waals surface area contributed by atoms with E-state index in [4.69, 9.17) is 5.11 Å². The summed E-state index contributed by atoms with van der Waals surface area (Å²) in [6.07, 6.45) is 1.99. The third-order valence-corrected chi connectivity index (χ3v) is 3.04. The summed E-state index contributed by atoms with van der Waals surface area (Å²) in [6, 6.07) is 2.89. The molecule has 1 saturated carbocycles. The highest BCUT2D eigenvalue weighted by atomic mass is 79.9. The zero-order valence-corrected chi connectivity index (χ0v) is 9.01. The van der Waals surface area contributed by atoms with Crippen LogP contribution in [0.1, 0.15) is 18.4 Å². The minimum absolute atomic E-state index is 0.330. The molecule has 2 rings (SSSR count). The molecule has 76 valence electrons. The van der Waals surface area contributed by atoms with E-state index in [1.165, 1.54) is 6.07 Å². The second-order valence-electron chi connectivity index (χ2n) is 3.81. The SMILES string of the molecule is Oc1c(F)cc(CC2(O)CC2)cc1Br. The van der Waals surface area contributed by atoms with Gasteiger partial charge < -0.3 is 10.2 Å². The van der Waals surface area contributed by atoms with E-state index in [1.54, 1.807) is 6.07 Å². The molecule has 0 bridgehead atoms. The Morgan fingerprint density at radius 2 is 2.07 bits per heavy atom. The van der Waals surface area contributed by atoms with E-state index in [0.29, 0.717) is 16.5 Å². The van der Waals surface area contributed by atoms with Gasteiger partial charge in [0.1, 0.15) is 0 Å². The summed E-state index contributed by atoms with van der Waals surface area (Å²) in [6.45, 7) is 0. The van der Waals surface area contributed by atoms with E-state index in [0.717, 1.165) is 12.8 Å². The molecule has 2 nitrogen and oxygen atoms in total. The van der Waals surface area contributed by atoms with Gasteiger partial charge in [0.25, 0.3) is 0 Å². The maximum Gasteiger partial charge on any atom is 0.166 e. The van der Waals surface area contributed by atoms with Crippen molar-refractivity contribution in [3.8, 4) is 5.75 Å². The molecule has 0 aromatic heterocycles. The van der Waals surface area contributed by atoms with Gasteiger partial charge in [-0.05, 0) is 46.5 Å². The Kier molecular flexibility index (Phi) is 2.27. The average Bonchev–Trinajstić information content (AvgIpc) is 2.79. The minimum Gasteiger partial charge on any atom is -0.504 e. The first kappa shape index (κ1) is 9.93. The van der Waals surface area contributed by atoms with Gasteiger partial charge in [-0.2, -0.15) is 0 Å². The number of aliphatic hydroxyl groups is 1. The lowest BCUT2D eigenvalue weighted by Gasteiger charge is -2.08. The number of phenols is 1. The summed E-state index contributed by atoms with van der Waals surface area (Å²) in [4.78, 5) is 0. The largest absolute Gasteiger partial charge is 0.504 e. The molecule has 1 aromatic rings. The molecule has 4 heteroatoms. The summed E-state index contributed by atoms with van der Waals surface area (Å²) in [5.41, 5.74) is 0.0650. The predicted octanol–water partition coefficient (Wildman–Crippen LogP) is 2.36. The molecule has 0 amide bonds. The van der Waals surface area contributed by atoms with E-state index in [9.17, 15) is 9.50 Å². The molecule has 0 atom stereocenters. The molecule has 1 aliphatic rings. The fourth-order valence-electron chi connectivity index (χ4n) is 1.42. The number of benzene rings is 1. The molecular formula is C10H10BrFO2. The maximum absolute atomic E-state index is 13.1. The summed E-state index contributed by atoms with van der Waals surface area (Å²) < 4.78 is 13.4. The van der Waals surface area contributed by atoms with Crippen molar-refractivity contribution in [2.45, 2.75) is 24.9 Å². The van der Waals surface area contributed by atoms with Crippen LogP contribution >= 0.6 is 15.9 Å². The lowest BCUT2D eigenvalue weighted by atomic mass is 10.1. The monoisotopic (exact) mass is 260 g/mol. The van der Waals surface area contributed by atoms with Gasteiger partial charge in [0.15, 0.2) is 11.6 Å². The van der Waals surface area contributed by atoms with Crippen molar-refractivity contribution in [2.75, 3.05) is 0 Å². The minimum atomic E-state index is -0.654. The Labute approximate surface area is 89.5 Å². The van der Waals surface area contributed by atoms with Crippen molar-refractivity contribution in [3.63, 3.8) is 0 Å². The highest BCUT2D eigenvalue weighted by molar-refractivity contribution is 9.10. The zero-order chi connectivity index (χ0) is 10.3. The Balaban J connectivity index is 2.26. The Morgan fingerprint density at radius 1 is 1.43 bits per heavy atom. The van der Waals surface area contributed by atoms with Crippen LogP contribution in [0.2, 0.25) is 0 Å². The first-order valence-corrected chi connectivity index (χ1v) is 5.19. The smallest absolute Gasteiger partial charge is 0.166 e. The van der Waals surface area contributed by atoms with Crippen molar-refractivity contribution in [2.24, 2.45) is 0 Å². The average molecular weight is 261 g/mol. The third-order valence-electron chi connectivity index (χ3n) is 2.44. The third kappa shape index (κ3) is 1.91. The van der Waals surface area contributed by atoms with E-state index in [2.05, 4.69) is 15.9 Å². The van der Waals surface area contributed by atoms with Crippen molar-refractivity contribution in [1.82, 2.24) is 0 Å². The second kappa shape index (κ2) is 3.21. The van der Waals surface area contributed by atoms with Gasteiger partial charge in [-0.3, -0.25) is 0 Å². The number of aromatic hydroxyl groups is 1. The fourth-order valence-corrected chi connectivity index (χ4v) is 1.90. The molecule has 2 N–H and O–H groups in total. The zero-order valence-electron chi connectivity index (χ0n) is 7.43. The Morgan fingerprint density at radius 3 is 2.57 bits per heavy atom. The van der Waals surface area contributed by atoms with Gasteiger partial charge in [0.2, 0.25) is 0 Å². The number of hydrogen-bond acceptors (Lipinski definition) is 2. The topological polar surface area (TPSA) is 40.5 Å². The van der Waals surface area contributed by atoms with Crippen LogP contribution in [0.3, 0.4) is 0 Å². The van der Waals surface area contributed by atoms with E-state index < -0.39 is 11.4 Å². The Hall–Kier alpha value is -0.610. The van der Waals surface area contributed by atoms with E-state index >= 15 is 0 Å².